The van der Waals surface area contributed by atoms with Gasteiger partial charge in [0.25, 0.3) is 0 Å². The molecule has 6 heteroatoms. The molecule has 0 atom stereocenters. The van der Waals surface area contributed by atoms with E-state index in [2.05, 4.69) is 70.6 Å². The molecule has 2 heterocycles. The lowest BCUT2D eigenvalue weighted by atomic mass is 9.97. The standard InChI is InChI=1S/C25H34N4O.HI/c1-2-26-25(29-16-13-22-5-3-4-6-23(22)18-29)27-17-20-7-9-24(10-8-20)28-14-11-21(19-30)12-15-28;/h3-10,21,30H,2,11-19H2,1H3,(H,26,27);1H. The molecule has 0 unspecified atom stereocenters. The lowest BCUT2D eigenvalue weighted by molar-refractivity contribution is 0.203. The third-order valence-electron chi connectivity index (χ3n) is 6.35. The van der Waals surface area contributed by atoms with Crippen molar-refractivity contribution < 1.29 is 5.11 Å². The Morgan fingerprint density at radius 3 is 2.42 bits per heavy atom. The summed E-state index contributed by atoms with van der Waals surface area (Å²) in [5.41, 5.74) is 5.38. The van der Waals surface area contributed by atoms with E-state index in [-0.39, 0.29) is 24.0 Å². The van der Waals surface area contributed by atoms with Gasteiger partial charge in [0.2, 0.25) is 0 Å². The van der Waals surface area contributed by atoms with Crippen LogP contribution in [0, 0.1) is 5.92 Å². The van der Waals surface area contributed by atoms with Crippen molar-refractivity contribution in [2.24, 2.45) is 10.9 Å². The van der Waals surface area contributed by atoms with Crippen LogP contribution in [0.2, 0.25) is 0 Å². The molecule has 5 nitrogen and oxygen atoms in total. The van der Waals surface area contributed by atoms with Gasteiger partial charge in [-0.3, -0.25) is 0 Å². The smallest absolute Gasteiger partial charge is 0.194 e. The molecule has 2 aromatic carbocycles. The van der Waals surface area contributed by atoms with Gasteiger partial charge in [-0.15, -0.1) is 24.0 Å². The van der Waals surface area contributed by atoms with Crippen molar-refractivity contribution >= 4 is 35.6 Å². The fraction of sp³-hybridized carbons (Fsp3) is 0.480. The van der Waals surface area contributed by atoms with Crippen molar-refractivity contribution in [3.8, 4) is 0 Å². The van der Waals surface area contributed by atoms with Crippen molar-refractivity contribution in [3.63, 3.8) is 0 Å². The zero-order valence-corrected chi connectivity index (χ0v) is 20.8. The topological polar surface area (TPSA) is 51.1 Å². The predicted molar refractivity (Wildman–Crippen MR) is 139 cm³/mol. The van der Waals surface area contributed by atoms with Crippen molar-refractivity contribution in [1.82, 2.24) is 10.2 Å². The molecule has 1 saturated heterocycles. The number of guanidine groups is 1. The molecule has 4 rings (SSSR count). The number of anilines is 1. The molecule has 0 spiro atoms. The summed E-state index contributed by atoms with van der Waals surface area (Å²) in [5, 5.41) is 12.8. The number of aliphatic hydroxyl groups excluding tert-OH is 1. The van der Waals surface area contributed by atoms with Gasteiger partial charge in [0.1, 0.15) is 0 Å². The second-order valence-electron chi connectivity index (χ2n) is 8.39. The summed E-state index contributed by atoms with van der Waals surface area (Å²) in [6.45, 7) is 8.00. The molecule has 2 aliphatic rings. The van der Waals surface area contributed by atoms with Gasteiger partial charge in [0.15, 0.2) is 5.96 Å². The van der Waals surface area contributed by atoms with Crippen molar-refractivity contribution in [2.45, 2.75) is 39.3 Å². The fourth-order valence-corrected chi connectivity index (χ4v) is 4.45. The van der Waals surface area contributed by atoms with Crippen LogP contribution in [0.1, 0.15) is 36.5 Å². The molecular formula is C25H35IN4O. The largest absolute Gasteiger partial charge is 0.396 e. The van der Waals surface area contributed by atoms with E-state index in [9.17, 15) is 5.11 Å². The van der Waals surface area contributed by atoms with E-state index < -0.39 is 0 Å². The van der Waals surface area contributed by atoms with Crippen LogP contribution in [0.5, 0.6) is 0 Å². The van der Waals surface area contributed by atoms with Crippen LogP contribution in [0.3, 0.4) is 0 Å². The Kier molecular flexibility index (Phi) is 9.02. The molecule has 2 N–H and O–H groups in total. The average Bonchev–Trinajstić information content (AvgIpc) is 2.82. The summed E-state index contributed by atoms with van der Waals surface area (Å²) >= 11 is 0. The Balaban J connectivity index is 0.00000272. The number of halogens is 1. The summed E-state index contributed by atoms with van der Waals surface area (Å²) in [7, 11) is 0. The van der Waals surface area contributed by atoms with Gasteiger partial charge in [0, 0.05) is 45.0 Å². The minimum Gasteiger partial charge on any atom is -0.396 e. The molecule has 31 heavy (non-hydrogen) atoms. The number of benzene rings is 2. The number of fused-ring (bicyclic) bond motifs is 1. The highest BCUT2D eigenvalue weighted by Crippen LogP contribution is 2.24. The maximum Gasteiger partial charge on any atom is 0.194 e. The molecule has 1 fully saturated rings. The van der Waals surface area contributed by atoms with Crippen LogP contribution in [-0.2, 0) is 19.5 Å². The van der Waals surface area contributed by atoms with E-state index in [1.54, 1.807) is 0 Å². The second-order valence-corrected chi connectivity index (χ2v) is 8.39. The van der Waals surface area contributed by atoms with Gasteiger partial charge >= 0.3 is 0 Å². The number of aliphatic hydroxyl groups is 1. The summed E-state index contributed by atoms with van der Waals surface area (Å²) in [6, 6.07) is 17.6. The summed E-state index contributed by atoms with van der Waals surface area (Å²) in [6.07, 6.45) is 3.23. The Bertz CT molecular complexity index is 847. The predicted octanol–water partition coefficient (Wildman–Crippen LogP) is 4.04. The van der Waals surface area contributed by atoms with Crippen LogP contribution in [0.25, 0.3) is 0 Å². The highest BCUT2D eigenvalue weighted by Gasteiger charge is 2.19. The minimum absolute atomic E-state index is 0. The van der Waals surface area contributed by atoms with E-state index in [0.717, 1.165) is 57.9 Å². The maximum atomic E-state index is 9.33. The van der Waals surface area contributed by atoms with Crippen LogP contribution >= 0.6 is 24.0 Å². The average molecular weight is 534 g/mol. The van der Waals surface area contributed by atoms with Gasteiger partial charge in [-0.1, -0.05) is 36.4 Å². The van der Waals surface area contributed by atoms with Crippen LogP contribution < -0.4 is 10.2 Å². The second kappa shape index (κ2) is 11.7. The van der Waals surface area contributed by atoms with E-state index in [1.165, 1.54) is 22.4 Å². The number of rotatable bonds is 5. The van der Waals surface area contributed by atoms with E-state index in [0.29, 0.717) is 19.1 Å². The van der Waals surface area contributed by atoms with Crippen LogP contribution in [0.4, 0.5) is 5.69 Å². The van der Waals surface area contributed by atoms with Crippen molar-refractivity contribution in [1.29, 1.82) is 0 Å². The first kappa shape index (κ1) is 23.9. The number of piperidine rings is 1. The lowest BCUT2D eigenvalue weighted by Gasteiger charge is -2.33. The fourth-order valence-electron chi connectivity index (χ4n) is 4.45. The Morgan fingerprint density at radius 1 is 1.03 bits per heavy atom. The summed E-state index contributed by atoms with van der Waals surface area (Å²) in [5.74, 6) is 1.48. The quantitative estimate of drug-likeness (QED) is 0.346. The molecule has 0 radical (unpaired) electrons. The van der Waals surface area contributed by atoms with Gasteiger partial charge in [-0.05, 0) is 60.9 Å². The molecule has 0 aliphatic carbocycles. The van der Waals surface area contributed by atoms with Crippen LogP contribution in [-0.4, -0.2) is 48.8 Å². The number of hydrogen-bond acceptors (Lipinski definition) is 3. The number of nitrogens with one attached hydrogen (secondary N) is 1. The summed E-state index contributed by atoms with van der Waals surface area (Å²) in [4.78, 5) is 9.73. The Labute approximate surface area is 203 Å². The molecule has 2 aliphatic heterocycles. The normalized spacial score (nSPS) is 17.2. The lowest BCUT2D eigenvalue weighted by Crippen LogP contribution is -2.44. The molecule has 168 valence electrons. The number of hydrogen-bond donors (Lipinski definition) is 2. The Hall–Kier alpha value is -1.80. The van der Waals surface area contributed by atoms with Crippen molar-refractivity contribution in [3.05, 3.63) is 65.2 Å². The molecule has 2 aromatic rings. The molecule has 0 aromatic heterocycles. The highest BCUT2D eigenvalue weighted by atomic mass is 127. The Morgan fingerprint density at radius 2 is 1.74 bits per heavy atom. The third-order valence-corrected chi connectivity index (χ3v) is 6.35. The summed E-state index contributed by atoms with van der Waals surface area (Å²) < 4.78 is 0. The first-order valence-electron chi connectivity index (χ1n) is 11.3. The maximum absolute atomic E-state index is 9.33. The SMILES string of the molecule is CCNC(=NCc1ccc(N2CCC(CO)CC2)cc1)N1CCc2ccccc2C1.I. The van der Waals surface area contributed by atoms with Gasteiger partial charge in [-0.25, -0.2) is 4.99 Å². The molecular weight excluding hydrogens is 499 g/mol. The molecule has 0 bridgehead atoms. The zero-order chi connectivity index (χ0) is 20.8. The van der Waals surface area contributed by atoms with Gasteiger partial charge in [-0.2, -0.15) is 0 Å². The number of aliphatic imine (C=N–C) groups is 1. The van der Waals surface area contributed by atoms with E-state index >= 15 is 0 Å². The number of nitrogens with zero attached hydrogens (tertiary/aromatic N) is 3. The van der Waals surface area contributed by atoms with Gasteiger partial charge < -0.3 is 20.2 Å². The zero-order valence-electron chi connectivity index (χ0n) is 18.5. The monoisotopic (exact) mass is 534 g/mol. The molecule has 0 amide bonds. The third kappa shape index (κ3) is 6.13. The molecule has 0 saturated carbocycles. The highest BCUT2D eigenvalue weighted by molar-refractivity contribution is 14.0. The van der Waals surface area contributed by atoms with Crippen LogP contribution in [0.15, 0.2) is 53.5 Å². The van der Waals surface area contributed by atoms with E-state index in [4.69, 9.17) is 4.99 Å². The first-order chi connectivity index (χ1) is 14.8. The first-order valence-corrected chi connectivity index (χ1v) is 11.3. The van der Waals surface area contributed by atoms with E-state index in [1.807, 2.05) is 0 Å². The van der Waals surface area contributed by atoms with Gasteiger partial charge in [0.05, 0.1) is 6.54 Å². The van der Waals surface area contributed by atoms with Crippen molar-refractivity contribution in [2.75, 3.05) is 37.7 Å². The minimum atomic E-state index is 0.